The van der Waals surface area contributed by atoms with Gasteiger partial charge in [0.1, 0.15) is 40.3 Å². The molecule has 1 fully saturated rings. The van der Waals surface area contributed by atoms with E-state index in [0.29, 0.717) is 52.1 Å². The van der Waals surface area contributed by atoms with Gasteiger partial charge in [-0.25, -0.2) is 9.97 Å². The number of benzene rings is 1. The zero-order chi connectivity index (χ0) is 24.5. The first-order chi connectivity index (χ1) is 16.2. The Labute approximate surface area is 209 Å². The second-order valence-corrected chi connectivity index (χ2v) is 8.76. The highest BCUT2D eigenvalue weighted by Crippen LogP contribution is 2.38. The summed E-state index contributed by atoms with van der Waals surface area (Å²) in [5.74, 6) is 2.39. The molecule has 2 aromatic heterocycles. The lowest BCUT2D eigenvalue weighted by Crippen LogP contribution is -2.36. The van der Waals surface area contributed by atoms with E-state index >= 15 is 0 Å². The largest absolute Gasteiger partial charge is 0.493 e. The standard InChI is InChI=1S/C23H24F3IN4O3/c1-12(14-6-7-28-21(8-14)23(24,25)26)29-22-16-9-20(33-11-15-4-5-18(15)34-27)19(32-3)10-17(16)30-13(2)31-22/h6-10,12,15,18H,4-5,11H2,1-3H3,(H,29,30,31)/t12-,15?,18?/m1/s1. The maximum atomic E-state index is 13.1. The van der Waals surface area contributed by atoms with Crippen LogP contribution in [0.3, 0.4) is 0 Å². The number of fused-ring (bicyclic) bond motifs is 1. The third-order valence-electron chi connectivity index (χ3n) is 5.94. The normalized spacial score (nSPS) is 18.9. The Hall–Kier alpha value is -2.41. The van der Waals surface area contributed by atoms with E-state index in [1.807, 2.05) is 23.0 Å². The molecule has 2 heterocycles. The molecule has 3 atom stereocenters. The maximum absolute atomic E-state index is 13.1. The van der Waals surface area contributed by atoms with Crippen molar-refractivity contribution in [2.45, 2.75) is 45.0 Å². The average molecular weight is 588 g/mol. The van der Waals surface area contributed by atoms with Crippen molar-refractivity contribution >= 4 is 39.7 Å². The topological polar surface area (TPSA) is 78.4 Å². The summed E-state index contributed by atoms with van der Waals surface area (Å²) in [6.07, 6.45) is -1.14. The number of halogens is 4. The summed E-state index contributed by atoms with van der Waals surface area (Å²) in [5.41, 5.74) is 0.133. The van der Waals surface area contributed by atoms with Gasteiger partial charge in [-0.3, -0.25) is 4.98 Å². The lowest BCUT2D eigenvalue weighted by Gasteiger charge is -2.34. The summed E-state index contributed by atoms with van der Waals surface area (Å²) in [7, 11) is 1.56. The van der Waals surface area contributed by atoms with Gasteiger partial charge in [-0.2, -0.15) is 13.2 Å². The molecule has 3 aromatic rings. The Morgan fingerprint density at radius 2 is 1.97 bits per heavy atom. The predicted molar refractivity (Wildman–Crippen MR) is 129 cm³/mol. The highest BCUT2D eigenvalue weighted by Gasteiger charge is 2.33. The molecule has 0 saturated heterocycles. The van der Waals surface area contributed by atoms with Crippen molar-refractivity contribution in [1.29, 1.82) is 0 Å². The third kappa shape index (κ3) is 5.29. The smallest absolute Gasteiger partial charge is 0.433 e. The van der Waals surface area contributed by atoms with Gasteiger partial charge in [-0.1, -0.05) is 0 Å². The van der Waals surface area contributed by atoms with Crippen molar-refractivity contribution in [3.8, 4) is 11.5 Å². The van der Waals surface area contributed by atoms with Gasteiger partial charge in [0.05, 0.1) is 31.4 Å². The summed E-state index contributed by atoms with van der Waals surface area (Å²) < 4.78 is 56.3. The summed E-state index contributed by atoms with van der Waals surface area (Å²) in [6, 6.07) is 5.69. The van der Waals surface area contributed by atoms with E-state index in [9.17, 15) is 13.2 Å². The molecular weight excluding hydrogens is 564 g/mol. The number of aromatic nitrogens is 3. The van der Waals surface area contributed by atoms with Crippen LogP contribution in [0.25, 0.3) is 10.9 Å². The number of hydrogen-bond acceptors (Lipinski definition) is 7. The van der Waals surface area contributed by atoms with Gasteiger partial charge in [0.25, 0.3) is 0 Å². The quantitative estimate of drug-likeness (QED) is 0.321. The first-order valence-corrected chi connectivity index (χ1v) is 11.6. The van der Waals surface area contributed by atoms with Gasteiger partial charge >= 0.3 is 6.18 Å². The van der Waals surface area contributed by atoms with Gasteiger partial charge < -0.3 is 17.9 Å². The second kappa shape index (κ2) is 10.1. The van der Waals surface area contributed by atoms with E-state index in [1.165, 1.54) is 0 Å². The van der Waals surface area contributed by atoms with E-state index < -0.39 is 17.9 Å². The van der Waals surface area contributed by atoms with Gasteiger partial charge in [0.2, 0.25) is 0 Å². The fraction of sp³-hybridized carbons (Fsp3) is 0.435. The molecule has 34 heavy (non-hydrogen) atoms. The Morgan fingerprint density at radius 1 is 1.18 bits per heavy atom. The first-order valence-electron chi connectivity index (χ1n) is 10.8. The summed E-state index contributed by atoms with van der Waals surface area (Å²) in [4.78, 5) is 12.4. The molecule has 11 heteroatoms. The summed E-state index contributed by atoms with van der Waals surface area (Å²) in [5, 5.41) is 3.90. The Bertz CT molecular complexity index is 1180. The minimum absolute atomic E-state index is 0.179. The van der Waals surface area contributed by atoms with E-state index in [2.05, 4.69) is 20.3 Å². The van der Waals surface area contributed by atoms with Crippen molar-refractivity contribution < 1.29 is 25.7 Å². The lowest BCUT2D eigenvalue weighted by molar-refractivity contribution is -0.141. The number of alkyl halides is 3. The van der Waals surface area contributed by atoms with Crippen LogP contribution in [0.5, 0.6) is 11.5 Å². The zero-order valence-corrected chi connectivity index (χ0v) is 21.0. The Kier molecular flexibility index (Phi) is 7.31. The minimum atomic E-state index is -4.52. The number of hydrogen-bond donors (Lipinski definition) is 1. The van der Waals surface area contributed by atoms with Gasteiger partial charge in [-0.05, 0) is 50.5 Å². The number of rotatable bonds is 8. The molecule has 0 radical (unpaired) electrons. The molecule has 182 valence electrons. The van der Waals surface area contributed by atoms with Crippen LogP contribution >= 0.6 is 23.0 Å². The predicted octanol–water partition coefficient (Wildman–Crippen LogP) is 6.06. The van der Waals surface area contributed by atoms with Crippen LogP contribution in [-0.2, 0) is 9.24 Å². The molecule has 0 aliphatic heterocycles. The minimum Gasteiger partial charge on any atom is -0.493 e. The van der Waals surface area contributed by atoms with E-state index in [1.54, 1.807) is 39.2 Å². The number of aryl methyl sites for hydroxylation is 1. The lowest BCUT2D eigenvalue weighted by atomic mass is 9.83. The number of methoxy groups -OCH3 is 1. The van der Waals surface area contributed by atoms with Crippen molar-refractivity contribution in [1.82, 2.24) is 15.0 Å². The number of ether oxygens (including phenoxy) is 2. The molecule has 7 nitrogen and oxygen atoms in total. The molecule has 0 bridgehead atoms. The first kappa shape index (κ1) is 24.7. The van der Waals surface area contributed by atoms with E-state index in [-0.39, 0.29) is 6.10 Å². The number of pyridine rings is 1. The summed E-state index contributed by atoms with van der Waals surface area (Å²) >= 11 is 1.92. The van der Waals surface area contributed by atoms with Crippen LogP contribution in [0, 0.1) is 12.8 Å². The number of nitrogens with one attached hydrogen (secondary N) is 1. The van der Waals surface area contributed by atoms with Crippen molar-refractivity contribution in [3.05, 3.63) is 47.5 Å². The molecule has 1 N–H and O–H groups in total. The van der Waals surface area contributed by atoms with Gasteiger partial charge in [-0.15, -0.1) is 0 Å². The van der Waals surface area contributed by atoms with Crippen molar-refractivity contribution in [2.75, 3.05) is 19.0 Å². The van der Waals surface area contributed by atoms with Crippen LogP contribution in [0.15, 0.2) is 30.5 Å². The molecule has 1 aliphatic rings. The zero-order valence-electron chi connectivity index (χ0n) is 18.8. The van der Waals surface area contributed by atoms with Crippen molar-refractivity contribution in [3.63, 3.8) is 0 Å². The second-order valence-electron chi connectivity index (χ2n) is 8.25. The molecule has 1 saturated carbocycles. The van der Waals surface area contributed by atoms with Crippen LogP contribution in [0.4, 0.5) is 19.0 Å². The fourth-order valence-corrected chi connectivity index (χ4v) is 4.51. The highest BCUT2D eigenvalue weighted by atomic mass is 127. The molecule has 1 aromatic carbocycles. The Balaban J connectivity index is 1.64. The molecule has 1 aliphatic carbocycles. The third-order valence-corrected chi connectivity index (χ3v) is 6.59. The van der Waals surface area contributed by atoms with Gasteiger partial charge in [0.15, 0.2) is 11.5 Å². The maximum Gasteiger partial charge on any atom is 0.433 e. The molecule has 0 amide bonds. The SMILES string of the molecule is COc1cc2nc(C)nc(N[C@H](C)c3ccnc(C(F)(F)F)c3)c2cc1OCC1CCC1OI. The van der Waals surface area contributed by atoms with Gasteiger partial charge in [0, 0.05) is 23.6 Å². The molecular formula is C23H24F3IN4O3. The van der Waals surface area contributed by atoms with E-state index in [0.717, 1.165) is 25.1 Å². The number of nitrogens with zero attached hydrogens (tertiary/aromatic N) is 3. The molecule has 2 unspecified atom stereocenters. The van der Waals surface area contributed by atoms with Crippen LogP contribution < -0.4 is 14.8 Å². The van der Waals surface area contributed by atoms with Crippen molar-refractivity contribution in [2.24, 2.45) is 5.92 Å². The number of anilines is 1. The Morgan fingerprint density at radius 3 is 2.62 bits per heavy atom. The summed E-state index contributed by atoms with van der Waals surface area (Å²) in [6.45, 7) is 4.00. The van der Waals surface area contributed by atoms with E-state index in [4.69, 9.17) is 12.5 Å². The highest BCUT2D eigenvalue weighted by molar-refractivity contribution is 14.1. The average Bonchev–Trinajstić information content (AvgIpc) is 2.78. The van der Waals surface area contributed by atoms with Crippen LogP contribution in [0.1, 0.15) is 42.9 Å². The van der Waals surface area contributed by atoms with Crippen LogP contribution in [0.2, 0.25) is 0 Å². The van der Waals surface area contributed by atoms with Crippen LogP contribution in [-0.4, -0.2) is 34.8 Å². The molecule has 0 spiro atoms. The molecule has 4 rings (SSSR count). The fourth-order valence-electron chi connectivity index (χ4n) is 3.84. The monoisotopic (exact) mass is 588 g/mol.